The van der Waals surface area contributed by atoms with Crippen LogP contribution in [0.5, 0.6) is 0 Å². The third-order valence-electron chi connectivity index (χ3n) is 3.85. The fraction of sp³-hybridized carbons (Fsp3) is 0.467. The fourth-order valence-electron chi connectivity index (χ4n) is 2.12. The van der Waals surface area contributed by atoms with Gasteiger partial charge in [-0.15, -0.1) is 0 Å². The van der Waals surface area contributed by atoms with Crippen LogP contribution in [0.25, 0.3) is 0 Å². The van der Waals surface area contributed by atoms with Gasteiger partial charge in [-0.2, -0.15) is 0 Å². The molecule has 0 aliphatic carbocycles. The molecular weight excluding hydrogens is 322 g/mol. The van der Waals surface area contributed by atoms with Gasteiger partial charge in [0.25, 0.3) is 0 Å². The molecule has 0 fully saturated rings. The number of carboxylic acids is 1. The normalized spacial score (nSPS) is 11.2. The smallest absolute Gasteiger partial charge is 0.310 e. The number of hydrogen-bond donors (Lipinski definition) is 2. The minimum atomic E-state index is -0.982. The van der Waals surface area contributed by atoms with E-state index in [4.69, 9.17) is 0 Å². The third-order valence-corrected chi connectivity index (χ3v) is 4.71. The van der Waals surface area contributed by atoms with Crippen molar-refractivity contribution in [3.8, 4) is 0 Å². The van der Waals surface area contributed by atoms with Crippen LogP contribution < -0.4 is 5.32 Å². The van der Waals surface area contributed by atoms with Gasteiger partial charge in [-0.3, -0.25) is 9.59 Å². The average molecular weight is 342 g/mol. The predicted octanol–water partition coefficient (Wildman–Crippen LogP) is 3.98. The topological polar surface area (TPSA) is 66.4 Å². The second-order valence-corrected chi connectivity index (χ2v) is 5.78. The summed E-state index contributed by atoms with van der Waals surface area (Å²) in [7, 11) is 0. The summed E-state index contributed by atoms with van der Waals surface area (Å²) in [5, 5.41) is 12.1. The molecule has 0 saturated heterocycles. The molecule has 110 valence electrons. The van der Waals surface area contributed by atoms with Crippen LogP contribution in [0.2, 0.25) is 0 Å². The standard InChI is InChI=1S/C15H20BrNO3/c1-4-15(5-2,14(19)20)9-13(18)17-12-8-6-7-11(16)10(12)3/h6-8H,4-5,9H2,1-3H3,(H,17,18)(H,19,20). The SMILES string of the molecule is CCC(CC)(CC(=O)Nc1cccc(Br)c1C)C(=O)O. The van der Waals surface area contributed by atoms with Crippen LogP contribution in [-0.2, 0) is 9.59 Å². The first-order valence-electron chi connectivity index (χ1n) is 6.64. The monoisotopic (exact) mass is 341 g/mol. The van der Waals surface area contributed by atoms with E-state index in [2.05, 4.69) is 21.2 Å². The van der Waals surface area contributed by atoms with Crippen LogP contribution in [-0.4, -0.2) is 17.0 Å². The zero-order valence-corrected chi connectivity index (χ0v) is 13.6. The van der Waals surface area contributed by atoms with Gasteiger partial charge in [0.2, 0.25) is 5.91 Å². The summed E-state index contributed by atoms with van der Waals surface area (Å²) >= 11 is 3.40. The number of carboxylic acid groups (broad SMARTS) is 1. The lowest BCUT2D eigenvalue weighted by Crippen LogP contribution is -2.34. The summed E-state index contributed by atoms with van der Waals surface area (Å²) in [4.78, 5) is 23.5. The number of benzene rings is 1. The lowest BCUT2D eigenvalue weighted by molar-refractivity contribution is -0.151. The molecule has 2 N–H and O–H groups in total. The van der Waals surface area contributed by atoms with Gasteiger partial charge in [-0.25, -0.2) is 0 Å². The van der Waals surface area contributed by atoms with Crippen LogP contribution in [0.3, 0.4) is 0 Å². The Hall–Kier alpha value is -1.36. The van der Waals surface area contributed by atoms with E-state index in [1.165, 1.54) is 0 Å². The van der Waals surface area contributed by atoms with E-state index in [9.17, 15) is 14.7 Å². The number of halogens is 1. The first-order chi connectivity index (χ1) is 9.36. The summed E-state index contributed by atoms with van der Waals surface area (Å²) in [6.07, 6.45) is 0.856. The molecule has 0 aliphatic heterocycles. The number of hydrogen-bond acceptors (Lipinski definition) is 2. The van der Waals surface area contributed by atoms with E-state index in [-0.39, 0.29) is 12.3 Å². The maximum Gasteiger partial charge on any atom is 0.310 e. The minimum Gasteiger partial charge on any atom is -0.481 e. The molecule has 0 radical (unpaired) electrons. The van der Waals surface area contributed by atoms with Crippen LogP contribution in [0, 0.1) is 12.3 Å². The predicted molar refractivity (Wildman–Crippen MR) is 82.8 cm³/mol. The van der Waals surface area contributed by atoms with Crippen molar-refractivity contribution in [2.45, 2.75) is 40.0 Å². The highest BCUT2D eigenvalue weighted by Crippen LogP contribution is 2.32. The zero-order valence-electron chi connectivity index (χ0n) is 12.0. The van der Waals surface area contributed by atoms with Crippen molar-refractivity contribution in [1.29, 1.82) is 0 Å². The van der Waals surface area contributed by atoms with Gasteiger partial charge >= 0.3 is 5.97 Å². The summed E-state index contributed by atoms with van der Waals surface area (Å²) in [6, 6.07) is 5.53. The van der Waals surface area contributed by atoms with Gasteiger partial charge in [-0.1, -0.05) is 35.8 Å². The second kappa shape index (κ2) is 6.88. The molecule has 4 nitrogen and oxygen atoms in total. The van der Waals surface area contributed by atoms with Crippen LogP contribution in [0.4, 0.5) is 5.69 Å². The second-order valence-electron chi connectivity index (χ2n) is 4.93. The Balaban J connectivity index is 2.86. The molecule has 1 amide bonds. The molecule has 0 aromatic heterocycles. The Labute approximate surface area is 127 Å². The van der Waals surface area contributed by atoms with Crippen molar-refractivity contribution in [1.82, 2.24) is 0 Å². The molecule has 0 spiro atoms. The zero-order chi connectivity index (χ0) is 15.3. The largest absolute Gasteiger partial charge is 0.481 e. The molecule has 20 heavy (non-hydrogen) atoms. The van der Waals surface area contributed by atoms with Gasteiger partial charge in [0.1, 0.15) is 0 Å². The molecule has 0 unspecified atom stereocenters. The molecule has 0 atom stereocenters. The summed E-state index contributed by atoms with van der Waals surface area (Å²) in [6.45, 7) is 5.49. The molecule has 0 saturated carbocycles. The Morgan fingerprint density at radius 2 is 1.90 bits per heavy atom. The van der Waals surface area contributed by atoms with Crippen molar-refractivity contribution in [2.24, 2.45) is 5.41 Å². The third kappa shape index (κ3) is 3.60. The molecular formula is C15H20BrNO3. The molecule has 1 aromatic carbocycles. The van der Waals surface area contributed by atoms with E-state index < -0.39 is 11.4 Å². The highest BCUT2D eigenvalue weighted by atomic mass is 79.9. The molecule has 0 heterocycles. The number of carbonyl (C=O) groups excluding carboxylic acids is 1. The number of aliphatic carboxylic acids is 1. The summed E-state index contributed by atoms with van der Waals surface area (Å²) in [5.41, 5.74) is 0.648. The van der Waals surface area contributed by atoms with Crippen LogP contribution in [0.1, 0.15) is 38.7 Å². The highest BCUT2D eigenvalue weighted by molar-refractivity contribution is 9.10. The van der Waals surface area contributed by atoms with Crippen molar-refractivity contribution in [3.05, 3.63) is 28.2 Å². The van der Waals surface area contributed by atoms with E-state index >= 15 is 0 Å². The Kier molecular flexibility index (Phi) is 5.74. The molecule has 5 heteroatoms. The molecule has 1 rings (SSSR count). The number of carbonyl (C=O) groups is 2. The van der Waals surface area contributed by atoms with E-state index in [1.54, 1.807) is 19.9 Å². The Morgan fingerprint density at radius 3 is 2.40 bits per heavy atom. The van der Waals surface area contributed by atoms with Crippen molar-refractivity contribution >= 4 is 33.5 Å². The number of amides is 1. The van der Waals surface area contributed by atoms with Gasteiger partial charge < -0.3 is 10.4 Å². The highest BCUT2D eigenvalue weighted by Gasteiger charge is 2.37. The summed E-state index contributed by atoms with van der Waals surface area (Å²) < 4.78 is 0.908. The number of nitrogens with one attached hydrogen (secondary N) is 1. The van der Waals surface area contributed by atoms with E-state index in [0.717, 1.165) is 10.0 Å². The van der Waals surface area contributed by atoms with Crippen LogP contribution in [0.15, 0.2) is 22.7 Å². The lowest BCUT2D eigenvalue weighted by Gasteiger charge is -2.26. The van der Waals surface area contributed by atoms with Gasteiger partial charge in [-0.05, 0) is 37.5 Å². The quantitative estimate of drug-likeness (QED) is 0.822. The molecule has 0 bridgehead atoms. The number of rotatable bonds is 6. The molecule has 0 aliphatic rings. The van der Waals surface area contributed by atoms with Gasteiger partial charge in [0, 0.05) is 16.6 Å². The minimum absolute atomic E-state index is 0.0126. The van der Waals surface area contributed by atoms with Gasteiger partial charge in [0.05, 0.1) is 5.41 Å². The number of anilines is 1. The van der Waals surface area contributed by atoms with Gasteiger partial charge in [0.15, 0.2) is 0 Å². The van der Waals surface area contributed by atoms with Crippen molar-refractivity contribution < 1.29 is 14.7 Å². The van der Waals surface area contributed by atoms with E-state index in [0.29, 0.717) is 18.5 Å². The van der Waals surface area contributed by atoms with Crippen molar-refractivity contribution in [3.63, 3.8) is 0 Å². The molecule has 1 aromatic rings. The van der Waals surface area contributed by atoms with Crippen LogP contribution >= 0.6 is 15.9 Å². The fourth-order valence-corrected chi connectivity index (χ4v) is 2.49. The first kappa shape index (κ1) is 16.7. The summed E-state index contributed by atoms with van der Waals surface area (Å²) in [5.74, 6) is -1.18. The first-order valence-corrected chi connectivity index (χ1v) is 7.44. The average Bonchev–Trinajstić information content (AvgIpc) is 2.41. The van der Waals surface area contributed by atoms with Crippen molar-refractivity contribution in [2.75, 3.05) is 5.32 Å². The Morgan fingerprint density at radius 1 is 1.30 bits per heavy atom. The Bertz CT molecular complexity index is 510. The lowest BCUT2D eigenvalue weighted by atomic mass is 9.79. The maximum atomic E-state index is 12.1. The maximum absolute atomic E-state index is 12.1. The van der Waals surface area contributed by atoms with E-state index in [1.807, 2.05) is 19.1 Å².